The van der Waals surface area contributed by atoms with Crippen molar-refractivity contribution in [2.45, 2.75) is 110 Å². The van der Waals surface area contributed by atoms with Crippen LogP contribution < -0.4 is 0 Å². The van der Waals surface area contributed by atoms with Crippen LogP contribution in [0, 0.1) is 23.7 Å². The number of nitrogens with zero attached hydrogens (tertiary/aromatic N) is 1. The molecule has 6 atom stereocenters. The molecule has 2 aliphatic rings. The molecule has 3 heteroatoms. The lowest BCUT2D eigenvalue weighted by Crippen LogP contribution is -2.38. The molecule has 0 spiro atoms. The summed E-state index contributed by atoms with van der Waals surface area (Å²) in [7, 11) is 2.22. The number of aliphatic hydroxyl groups excluding tert-OH is 2. The fourth-order valence-corrected chi connectivity index (χ4v) is 5.24. The molecular formula is C27H49NO2. The van der Waals surface area contributed by atoms with E-state index in [4.69, 9.17) is 0 Å². The van der Waals surface area contributed by atoms with E-state index >= 15 is 0 Å². The number of hydrogen-bond donors (Lipinski definition) is 2. The first-order valence-corrected chi connectivity index (χ1v) is 12.6. The van der Waals surface area contributed by atoms with Crippen molar-refractivity contribution < 1.29 is 10.2 Å². The first-order valence-electron chi connectivity index (χ1n) is 12.6. The first-order chi connectivity index (χ1) is 14.1. The van der Waals surface area contributed by atoms with Gasteiger partial charge >= 0.3 is 0 Å². The van der Waals surface area contributed by atoms with Crippen molar-refractivity contribution in [2.75, 3.05) is 13.6 Å². The molecule has 1 fully saturated rings. The molecule has 0 saturated heterocycles. The van der Waals surface area contributed by atoms with Crippen LogP contribution in [0.5, 0.6) is 0 Å². The van der Waals surface area contributed by atoms with Crippen LogP contribution in [0.3, 0.4) is 0 Å². The Morgan fingerprint density at radius 2 is 1.97 bits per heavy atom. The molecule has 3 nitrogen and oxygen atoms in total. The van der Waals surface area contributed by atoms with Crippen LogP contribution in [0.25, 0.3) is 0 Å². The van der Waals surface area contributed by atoms with Gasteiger partial charge in [0.05, 0.1) is 12.2 Å². The zero-order valence-electron chi connectivity index (χ0n) is 20.6. The zero-order valence-corrected chi connectivity index (χ0v) is 20.6. The smallest absolute Gasteiger partial charge is 0.0723 e. The van der Waals surface area contributed by atoms with E-state index in [1.165, 1.54) is 38.5 Å². The summed E-state index contributed by atoms with van der Waals surface area (Å²) in [6, 6.07) is 0. The molecular weight excluding hydrogens is 370 g/mol. The number of rotatable bonds is 12. The zero-order chi connectivity index (χ0) is 22.3. The van der Waals surface area contributed by atoms with Crippen molar-refractivity contribution in [3.63, 3.8) is 0 Å². The van der Waals surface area contributed by atoms with Gasteiger partial charge in [0.25, 0.3) is 0 Å². The van der Waals surface area contributed by atoms with Gasteiger partial charge < -0.3 is 15.1 Å². The highest BCUT2D eigenvalue weighted by Gasteiger charge is 2.43. The van der Waals surface area contributed by atoms with E-state index < -0.39 is 0 Å². The Balaban J connectivity index is 1.76. The van der Waals surface area contributed by atoms with Crippen LogP contribution in [-0.2, 0) is 0 Å². The Hall–Kier alpha value is -0.640. The Bertz CT molecular complexity index is 562. The van der Waals surface area contributed by atoms with E-state index in [1.54, 1.807) is 5.57 Å². The second-order valence-corrected chi connectivity index (χ2v) is 11.2. The molecule has 0 unspecified atom stereocenters. The van der Waals surface area contributed by atoms with Crippen molar-refractivity contribution in [2.24, 2.45) is 23.7 Å². The van der Waals surface area contributed by atoms with Crippen LogP contribution in [0.2, 0.25) is 0 Å². The summed E-state index contributed by atoms with van der Waals surface area (Å²) >= 11 is 0. The molecule has 0 aromatic heterocycles. The number of aliphatic hydroxyl groups is 2. The Kier molecular flexibility index (Phi) is 10.1. The second kappa shape index (κ2) is 11.8. The Labute approximate surface area is 186 Å². The van der Waals surface area contributed by atoms with Gasteiger partial charge in [-0.3, -0.25) is 0 Å². The fourth-order valence-electron chi connectivity index (χ4n) is 5.24. The molecule has 0 aromatic carbocycles. The molecule has 30 heavy (non-hydrogen) atoms. The highest BCUT2D eigenvalue weighted by molar-refractivity contribution is 5.21. The lowest BCUT2D eigenvalue weighted by molar-refractivity contribution is 0.139. The van der Waals surface area contributed by atoms with Gasteiger partial charge in [0.15, 0.2) is 0 Å². The van der Waals surface area contributed by atoms with E-state index in [1.807, 2.05) is 6.08 Å². The van der Waals surface area contributed by atoms with Gasteiger partial charge in [0.2, 0.25) is 0 Å². The summed E-state index contributed by atoms with van der Waals surface area (Å²) in [5, 5.41) is 21.0. The Morgan fingerprint density at radius 1 is 1.23 bits per heavy atom. The predicted molar refractivity (Wildman–Crippen MR) is 128 cm³/mol. The van der Waals surface area contributed by atoms with Crippen molar-refractivity contribution >= 4 is 0 Å². The average molecular weight is 420 g/mol. The molecule has 0 bridgehead atoms. The highest BCUT2D eigenvalue weighted by Crippen LogP contribution is 2.48. The van der Waals surface area contributed by atoms with Gasteiger partial charge in [-0.25, -0.2) is 0 Å². The molecule has 0 aromatic rings. The summed E-state index contributed by atoms with van der Waals surface area (Å²) in [5.41, 5.74) is 1.85. The minimum Gasteiger partial charge on any atom is -0.392 e. The SMILES string of the molecule is CCCC[C@H](C)C[C@H](O)/C=C/[C@@H]1[C@H]2CC(CCCCN(C)C(C)(C)C)=C[C@H]2C[C@H]1O. The quantitative estimate of drug-likeness (QED) is 0.303. The van der Waals surface area contributed by atoms with Crippen molar-refractivity contribution in [3.05, 3.63) is 23.8 Å². The summed E-state index contributed by atoms with van der Waals surface area (Å²) < 4.78 is 0. The molecule has 2 rings (SSSR count). The van der Waals surface area contributed by atoms with E-state index in [9.17, 15) is 10.2 Å². The number of hydrogen-bond acceptors (Lipinski definition) is 3. The maximum Gasteiger partial charge on any atom is 0.0723 e. The van der Waals surface area contributed by atoms with Crippen LogP contribution in [0.1, 0.15) is 92.4 Å². The normalized spacial score (nSPS) is 28.9. The largest absolute Gasteiger partial charge is 0.392 e. The van der Waals surface area contributed by atoms with Crippen molar-refractivity contribution in [3.8, 4) is 0 Å². The van der Waals surface area contributed by atoms with Gasteiger partial charge in [0.1, 0.15) is 0 Å². The molecule has 2 N–H and O–H groups in total. The molecule has 0 aliphatic heterocycles. The molecule has 174 valence electrons. The molecule has 0 heterocycles. The standard InChI is InChI=1S/C27H49NO2/c1-7-8-11-20(2)16-23(29)13-14-24-25-18-21(17-22(25)19-26(24)30)12-9-10-15-28(6)27(3,4)5/h13-14,17,20,22-26,29-30H,7-12,15-16,18-19H2,1-6H3/b14-13+/t20-,22-,23+,24+,25-,26+/m0/s1. The average Bonchev–Trinajstić information content (AvgIpc) is 3.17. The van der Waals surface area contributed by atoms with E-state index in [-0.39, 0.29) is 23.7 Å². The summed E-state index contributed by atoms with van der Waals surface area (Å²) in [6.07, 6.45) is 16.2. The molecule has 0 radical (unpaired) electrons. The van der Waals surface area contributed by atoms with E-state index in [0.717, 1.165) is 25.8 Å². The Morgan fingerprint density at radius 3 is 2.63 bits per heavy atom. The number of fused-ring (bicyclic) bond motifs is 1. The van der Waals surface area contributed by atoms with Crippen LogP contribution in [0.4, 0.5) is 0 Å². The van der Waals surface area contributed by atoms with Crippen molar-refractivity contribution in [1.82, 2.24) is 4.90 Å². The van der Waals surface area contributed by atoms with E-state index in [2.05, 4.69) is 58.7 Å². The lowest BCUT2D eigenvalue weighted by Gasteiger charge is -2.31. The fraction of sp³-hybridized carbons (Fsp3) is 0.852. The van der Waals surface area contributed by atoms with Gasteiger partial charge in [-0.1, -0.05) is 56.9 Å². The van der Waals surface area contributed by atoms with Gasteiger partial charge in [0, 0.05) is 11.5 Å². The van der Waals surface area contributed by atoms with Crippen molar-refractivity contribution in [1.29, 1.82) is 0 Å². The topological polar surface area (TPSA) is 43.7 Å². The summed E-state index contributed by atoms with van der Waals surface area (Å²) in [5.74, 6) is 1.83. The lowest BCUT2D eigenvalue weighted by atomic mass is 9.88. The number of allylic oxidation sites excluding steroid dienone is 2. The maximum atomic E-state index is 10.6. The summed E-state index contributed by atoms with van der Waals surface area (Å²) in [4.78, 5) is 2.44. The number of unbranched alkanes of at least 4 members (excludes halogenated alkanes) is 2. The van der Waals surface area contributed by atoms with Gasteiger partial charge in [-0.15, -0.1) is 0 Å². The third kappa shape index (κ3) is 7.80. The maximum absolute atomic E-state index is 10.6. The predicted octanol–water partition coefficient (Wildman–Crippen LogP) is 5.96. The first kappa shape index (κ1) is 25.6. The third-order valence-corrected chi connectivity index (χ3v) is 7.59. The van der Waals surface area contributed by atoms with Crippen LogP contribution in [0.15, 0.2) is 23.8 Å². The molecule has 1 saturated carbocycles. The van der Waals surface area contributed by atoms with E-state index in [0.29, 0.717) is 17.8 Å². The summed E-state index contributed by atoms with van der Waals surface area (Å²) in [6.45, 7) is 12.4. The second-order valence-electron chi connectivity index (χ2n) is 11.2. The minimum atomic E-state index is -0.378. The monoisotopic (exact) mass is 419 g/mol. The third-order valence-electron chi connectivity index (χ3n) is 7.59. The molecule has 2 aliphatic carbocycles. The van der Waals surface area contributed by atoms with Gasteiger partial charge in [-0.2, -0.15) is 0 Å². The van der Waals surface area contributed by atoms with Gasteiger partial charge in [-0.05, 0) is 90.6 Å². The minimum absolute atomic E-state index is 0.205. The van der Waals surface area contributed by atoms with Crippen LogP contribution in [-0.4, -0.2) is 46.5 Å². The molecule has 0 amide bonds. The van der Waals surface area contributed by atoms with Crippen LogP contribution >= 0.6 is 0 Å². The highest BCUT2D eigenvalue weighted by atomic mass is 16.3.